The van der Waals surface area contributed by atoms with Gasteiger partial charge in [0.2, 0.25) is 11.0 Å². The molecule has 0 rings (SSSR count). The molecule has 7 heteroatoms. The van der Waals surface area contributed by atoms with Gasteiger partial charge in [-0.05, 0) is 12.8 Å². The second-order valence-corrected chi connectivity index (χ2v) is 16.2. The first-order valence-corrected chi connectivity index (χ1v) is 23.1. The zero-order valence-corrected chi connectivity index (χ0v) is 35.8. The lowest BCUT2D eigenvalue weighted by Crippen LogP contribution is -2.49. The molecule has 0 amide bonds. The average molecular weight is 755 g/mol. The van der Waals surface area contributed by atoms with E-state index in [0.717, 1.165) is 32.1 Å². The van der Waals surface area contributed by atoms with Crippen LogP contribution in [0.3, 0.4) is 0 Å². The Bertz CT molecular complexity index is 820. The summed E-state index contributed by atoms with van der Waals surface area (Å²) in [4.78, 5) is 36.6. The van der Waals surface area contributed by atoms with Gasteiger partial charge in [0.1, 0.15) is 0 Å². The van der Waals surface area contributed by atoms with Gasteiger partial charge in [-0.2, -0.15) is 0 Å². The van der Waals surface area contributed by atoms with E-state index < -0.39 is 28.9 Å². The van der Waals surface area contributed by atoms with Crippen LogP contribution < -0.4 is 0 Å². The Morgan fingerprint density at radius 1 is 0.442 bits per heavy atom. The molecule has 2 unspecified atom stereocenters. The second-order valence-electron chi connectivity index (χ2n) is 15.4. The first-order chi connectivity index (χ1) is 25.3. The fourth-order valence-electron chi connectivity index (χ4n) is 6.87. The van der Waals surface area contributed by atoms with E-state index in [-0.39, 0.29) is 19.4 Å². The highest BCUT2D eigenvalue weighted by molar-refractivity contribution is 7.81. The van der Waals surface area contributed by atoms with Gasteiger partial charge in [0.15, 0.2) is 0 Å². The molecule has 0 aromatic heterocycles. The van der Waals surface area contributed by atoms with Crippen LogP contribution >= 0.6 is 12.6 Å². The first kappa shape index (κ1) is 50.8. The summed E-state index contributed by atoms with van der Waals surface area (Å²) in [5, 5.41) is 0. The Balaban J connectivity index is 4.38. The van der Waals surface area contributed by atoms with Crippen molar-refractivity contribution in [2.24, 2.45) is 0 Å². The van der Waals surface area contributed by atoms with Crippen LogP contribution in [-0.4, -0.2) is 35.6 Å². The van der Waals surface area contributed by atoms with Gasteiger partial charge in [0.05, 0.1) is 6.61 Å². The van der Waals surface area contributed by atoms with Crippen LogP contribution in [0.5, 0.6) is 0 Å². The molecule has 0 aliphatic carbocycles. The van der Waals surface area contributed by atoms with Gasteiger partial charge in [-0.3, -0.25) is 9.59 Å². The second kappa shape index (κ2) is 38.1. The molecule has 2 atom stereocenters. The molecule has 0 heterocycles. The lowest BCUT2D eigenvalue weighted by Gasteiger charge is -2.34. The average Bonchev–Trinajstić information content (AvgIpc) is 3.14. The summed E-state index contributed by atoms with van der Waals surface area (Å²) in [6, 6.07) is 0. The van der Waals surface area contributed by atoms with Crippen LogP contribution in [-0.2, 0) is 28.6 Å². The minimum Gasteiger partial charge on any atom is -0.463 e. The van der Waals surface area contributed by atoms with Crippen molar-refractivity contribution in [2.45, 2.75) is 263 Å². The summed E-state index contributed by atoms with van der Waals surface area (Å²) in [7, 11) is 0. The Labute approximate surface area is 328 Å². The molecule has 0 saturated carbocycles. The number of ether oxygens (including phenoxy) is 3. The third kappa shape index (κ3) is 31.1. The van der Waals surface area contributed by atoms with E-state index in [2.05, 4.69) is 13.8 Å². The maximum absolute atomic E-state index is 13.3. The molecular formula is C45H86O6S. The van der Waals surface area contributed by atoms with Crippen LogP contribution in [0.15, 0.2) is 0 Å². The van der Waals surface area contributed by atoms with Gasteiger partial charge in [-0.15, -0.1) is 12.6 Å². The first-order valence-electron chi connectivity index (χ1n) is 22.6. The van der Waals surface area contributed by atoms with Crippen molar-refractivity contribution in [1.82, 2.24) is 0 Å². The smallest absolute Gasteiger partial charge is 0.352 e. The molecule has 0 fully saturated rings. The van der Waals surface area contributed by atoms with E-state index in [1.807, 2.05) is 0 Å². The number of rotatable bonds is 40. The van der Waals surface area contributed by atoms with E-state index in [1.165, 1.54) is 167 Å². The Morgan fingerprint density at radius 2 is 0.750 bits per heavy atom. The van der Waals surface area contributed by atoms with Crippen molar-refractivity contribution < 1.29 is 28.6 Å². The van der Waals surface area contributed by atoms with Gasteiger partial charge < -0.3 is 14.2 Å². The molecule has 52 heavy (non-hydrogen) atoms. The minimum atomic E-state index is -1.56. The van der Waals surface area contributed by atoms with Gasteiger partial charge in [-0.25, -0.2) is 4.79 Å². The zero-order valence-electron chi connectivity index (χ0n) is 34.9. The van der Waals surface area contributed by atoms with Gasteiger partial charge in [-0.1, -0.05) is 220 Å². The van der Waals surface area contributed by atoms with Crippen LogP contribution in [0.2, 0.25) is 0 Å². The van der Waals surface area contributed by atoms with Crippen molar-refractivity contribution in [2.75, 3.05) is 6.61 Å². The highest BCUT2D eigenvalue weighted by Crippen LogP contribution is 2.33. The fraction of sp³-hybridized carbons (Fsp3) is 0.933. The van der Waals surface area contributed by atoms with Crippen molar-refractivity contribution in [3.05, 3.63) is 0 Å². The topological polar surface area (TPSA) is 78.9 Å². The standard InChI is InChI=1S/C45H86O6S/c1-5-9-11-13-15-17-19-21-23-25-27-29-31-33-35-37-39-45(52,51-42(47)8-4)43(50-41(46)7-3)44(48)49-40-38-36-34-32-30-28-26-24-22-20-18-16-14-12-10-6-2/h43,52H,5-40H2,1-4H3. The zero-order chi connectivity index (χ0) is 38.4. The predicted octanol–water partition coefficient (Wildman–Crippen LogP) is 14.3. The number of esters is 3. The van der Waals surface area contributed by atoms with Crippen LogP contribution in [0.4, 0.5) is 0 Å². The third-order valence-corrected chi connectivity index (χ3v) is 10.9. The molecule has 0 saturated heterocycles. The van der Waals surface area contributed by atoms with Crippen molar-refractivity contribution in [3.8, 4) is 0 Å². The summed E-state index contributed by atoms with van der Waals surface area (Å²) in [5.74, 6) is -1.70. The highest BCUT2D eigenvalue weighted by Gasteiger charge is 2.47. The minimum absolute atomic E-state index is 0.105. The van der Waals surface area contributed by atoms with Crippen LogP contribution in [0.1, 0.15) is 252 Å². The summed E-state index contributed by atoms with van der Waals surface area (Å²) in [6.45, 7) is 8.17. The summed E-state index contributed by atoms with van der Waals surface area (Å²) in [5.41, 5.74) is 0. The molecule has 308 valence electrons. The SMILES string of the molecule is CCCCCCCCCCCCCCCCCCOC(=O)C(OC(=O)CC)C(S)(CCCCCCCCCCCCCCCCCC)OC(=O)CC. The molecule has 0 bridgehead atoms. The fourth-order valence-corrected chi connectivity index (χ4v) is 7.29. The van der Waals surface area contributed by atoms with E-state index in [9.17, 15) is 14.4 Å². The summed E-state index contributed by atoms with van der Waals surface area (Å²) >= 11 is 4.72. The summed E-state index contributed by atoms with van der Waals surface area (Å²) in [6.07, 6.45) is 39.6. The van der Waals surface area contributed by atoms with Crippen LogP contribution in [0, 0.1) is 0 Å². The maximum Gasteiger partial charge on any atom is 0.352 e. The molecule has 0 aromatic rings. The summed E-state index contributed by atoms with van der Waals surface area (Å²) < 4.78 is 16.9. The number of carbonyl (C=O) groups is 3. The van der Waals surface area contributed by atoms with Crippen LogP contribution in [0.25, 0.3) is 0 Å². The largest absolute Gasteiger partial charge is 0.463 e. The molecule has 6 nitrogen and oxygen atoms in total. The van der Waals surface area contributed by atoms with E-state index in [0.29, 0.717) is 12.8 Å². The van der Waals surface area contributed by atoms with E-state index in [1.54, 1.807) is 13.8 Å². The lowest BCUT2D eigenvalue weighted by molar-refractivity contribution is -0.186. The molecule has 0 aliphatic heterocycles. The number of unbranched alkanes of at least 4 members (excludes halogenated alkanes) is 30. The predicted molar refractivity (Wildman–Crippen MR) is 223 cm³/mol. The van der Waals surface area contributed by atoms with Crippen molar-refractivity contribution >= 4 is 30.5 Å². The Kier molecular flexibility index (Phi) is 37.1. The van der Waals surface area contributed by atoms with Gasteiger partial charge in [0, 0.05) is 19.3 Å². The quantitative estimate of drug-likeness (QED) is 0.0221. The third-order valence-electron chi connectivity index (χ3n) is 10.4. The monoisotopic (exact) mass is 755 g/mol. The molecule has 0 radical (unpaired) electrons. The molecule has 0 spiro atoms. The number of hydrogen-bond donors (Lipinski definition) is 1. The lowest BCUT2D eigenvalue weighted by atomic mass is 10.0. The Hall–Kier alpha value is -1.24. The van der Waals surface area contributed by atoms with Gasteiger partial charge >= 0.3 is 17.9 Å². The van der Waals surface area contributed by atoms with E-state index in [4.69, 9.17) is 26.8 Å². The van der Waals surface area contributed by atoms with Crippen molar-refractivity contribution in [3.63, 3.8) is 0 Å². The van der Waals surface area contributed by atoms with Crippen molar-refractivity contribution in [1.29, 1.82) is 0 Å². The Morgan fingerprint density at radius 3 is 1.08 bits per heavy atom. The molecule has 0 N–H and O–H groups in total. The molecule has 0 aromatic carbocycles. The molecule has 0 aliphatic rings. The molecular weight excluding hydrogens is 669 g/mol. The number of hydrogen-bond acceptors (Lipinski definition) is 7. The number of thiol groups is 1. The number of carbonyl (C=O) groups excluding carboxylic acids is 3. The normalized spacial score (nSPS) is 13.1. The van der Waals surface area contributed by atoms with Gasteiger partial charge in [0.25, 0.3) is 0 Å². The highest BCUT2D eigenvalue weighted by atomic mass is 32.1. The maximum atomic E-state index is 13.3. The van der Waals surface area contributed by atoms with E-state index >= 15 is 0 Å².